The van der Waals surface area contributed by atoms with Gasteiger partial charge in [0.25, 0.3) is 0 Å². The Bertz CT molecular complexity index is 5220. The summed E-state index contributed by atoms with van der Waals surface area (Å²) in [5.41, 5.74) is 51.6. The van der Waals surface area contributed by atoms with Gasteiger partial charge in [0, 0.05) is 84.4 Å². The van der Waals surface area contributed by atoms with Crippen LogP contribution in [0.3, 0.4) is 0 Å². The number of nitrogens with zero attached hydrogens (tertiary/aromatic N) is 10. The monoisotopic (exact) mass is 2090 g/mol. The summed E-state index contributed by atoms with van der Waals surface area (Å²) in [5.74, 6) is -22.4. The van der Waals surface area contributed by atoms with Crippen LogP contribution in [0.4, 0.5) is 0 Å². The second-order valence-corrected chi connectivity index (χ2v) is 39.5. The van der Waals surface area contributed by atoms with Crippen LogP contribution in [0.2, 0.25) is 0 Å². The van der Waals surface area contributed by atoms with E-state index in [-0.39, 0.29) is 223 Å². The molecule has 21 amide bonds. The number of fused-ring (bicyclic) bond motifs is 6. The molecule has 8 heterocycles. The number of imidazole rings is 1. The van der Waals surface area contributed by atoms with Gasteiger partial charge in [-0.3, -0.25) is 116 Å². The SMILES string of the molecule is CC[C@H](C)[C@H]1NC(=O)[C@H](Cc2ccc(O)cc2)NC(=O)[C@@H](C(C)C)NC(=O)[C@@H]2CCCN2C(=O)[C@@H](CCCN=C(N)N)NC(=O)[C@H](CC(N)=O)NC(=O)[C@@H](CC(N)=O)NC(=O)CNC(=O)[C@@H](CC(C)C)NC(=O)[C@H](CCCN=C(N)N)NC(=O)[C@H]2CCCN2C(=O)[C@H](Cc2c[nH]cn2)NC(=O)[C@H]2CCCN2C(=O)[C@@H]2CCCN2C(=O)[C@@H](CCCN=C(N)N)NC(=O)[C@@H]2CCCN2C(=O)[C@@H](CCC(N)=O)NC(=O)[C@@H]2CCCN2C1=O. The number of benzene rings is 1. The fraction of sp³-hybridized carbons (Fsp3) is 0.653. The average molecular weight is 2090 g/mol. The molecule has 0 aliphatic carbocycles. The third-order valence-electron chi connectivity index (χ3n) is 27.5. The van der Waals surface area contributed by atoms with E-state index in [4.69, 9.17) is 51.6 Å². The number of primary amides is 3. The first kappa shape index (κ1) is 117. The lowest BCUT2D eigenvalue weighted by atomic mass is 9.96. The van der Waals surface area contributed by atoms with Crippen molar-refractivity contribution in [1.29, 1.82) is 0 Å². The standard InChI is InChI=1S/C95H148N32O22/c1-7-51(6)75-92(149)126-39-15-23-67(126)83(140)115-58(30-31-70(96)129)89(146)122-35-11-21-65(122)82(139)114-57(19-10-34-108-95(103)104)88(145)127-40-16-25-69(127)91(148)125-38-14-22-66(125)84(141)119-63(43-53-46-105-48-110-53)90(147)124-37-12-20-64(124)81(138)112-55(17-8-32-106-93(99)100)77(134)116-59(41-49(2)3)76(133)109-47-73(132)111-61(44-71(97)130)78(135)117-62(45-72(98)131)79(136)113-56(18-9-33-107-94(101)102)87(144)123-36-13-24-68(123)85(142)120-74(50(4)5)86(143)118-60(80(137)121-75)42-52-26-28-54(128)29-27-52/h26-29,46,48-51,55-69,74-75,128H,7-25,30-45,47H2,1-6H3,(H2,96,129)(H2,97,130)(H2,98,131)(H,105,110)(H,109,133)(H,111,132)(H,112,138)(H,113,136)(H,114,139)(H,115,140)(H,116,134)(H,117,135)(H,118,143)(H,119,141)(H,120,142)(H,121,137)(H4,99,100,106)(H4,101,102,107)(H4,103,104,108)/t51-,55-,56+,57+,58+,59+,60-,61+,62-,63-,64+,65-,66+,67-,68-,69-,74+,75+/m0/s1. The number of aromatic hydroxyl groups is 1. The van der Waals surface area contributed by atoms with Crippen molar-refractivity contribution in [2.24, 2.45) is 84.3 Å². The van der Waals surface area contributed by atoms with E-state index < -0.39 is 271 Å². The summed E-state index contributed by atoms with van der Waals surface area (Å²) in [5, 5.41) is 41.9. The van der Waals surface area contributed by atoms with E-state index in [2.05, 4.69) is 88.7 Å². The number of nitrogens with one attached hydrogen (secondary N) is 13. The number of aromatic amines is 1. The molecule has 820 valence electrons. The van der Waals surface area contributed by atoms with Crippen LogP contribution in [0.25, 0.3) is 0 Å². The number of guanidine groups is 3. The minimum absolute atomic E-state index is 0.00623. The predicted molar refractivity (Wildman–Crippen MR) is 536 cm³/mol. The first-order valence-corrected chi connectivity index (χ1v) is 50.9. The molecule has 18 atom stereocenters. The number of phenolic OH excluding ortho intramolecular Hbond substituents is 1. The van der Waals surface area contributed by atoms with Crippen molar-refractivity contribution in [1.82, 2.24) is 103 Å². The zero-order valence-electron chi connectivity index (χ0n) is 85.2. The third-order valence-corrected chi connectivity index (χ3v) is 27.5. The highest BCUT2D eigenvalue weighted by Crippen LogP contribution is 2.31. The van der Waals surface area contributed by atoms with E-state index in [1.807, 2.05) is 0 Å². The fourth-order valence-corrected chi connectivity index (χ4v) is 19.6. The molecule has 0 saturated carbocycles. The quantitative estimate of drug-likeness (QED) is 0.0214. The maximum Gasteiger partial charge on any atom is 0.246 e. The molecule has 0 unspecified atom stereocenters. The highest BCUT2D eigenvalue weighted by Gasteiger charge is 2.50. The van der Waals surface area contributed by atoms with Gasteiger partial charge < -0.3 is 155 Å². The molecule has 32 N–H and O–H groups in total. The van der Waals surface area contributed by atoms with Crippen LogP contribution in [0.5, 0.6) is 5.75 Å². The summed E-state index contributed by atoms with van der Waals surface area (Å²) in [6.07, 6.45) is 0.888. The van der Waals surface area contributed by atoms with E-state index in [0.717, 1.165) is 4.90 Å². The summed E-state index contributed by atoms with van der Waals surface area (Å²) < 4.78 is 0. The first-order chi connectivity index (χ1) is 70.7. The van der Waals surface area contributed by atoms with Crippen LogP contribution in [-0.2, 0) is 114 Å². The Balaban J connectivity index is 1.05. The number of H-pyrrole nitrogens is 1. The van der Waals surface area contributed by atoms with E-state index in [1.54, 1.807) is 41.5 Å². The third kappa shape index (κ3) is 34.0. The Morgan fingerprint density at radius 1 is 0.376 bits per heavy atom. The van der Waals surface area contributed by atoms with Gasteiger partial charge in [-0.2, -0.15) is 0 Å². The number of phenols is 1. The summed E-state index contributed by atoms with van der Waals surface area (Å²) in [6, 6.07) is -19.6. The molecule has 0 spiro atoms. The fourth-order valence-electron chi connectivity index (χ4n) is 19.6. The summed E-state index contributed by atoms with van der Waals surface area (Å²) >= 11 is 0. The van der Waals surface area contributed by atoms with Gasteiger partial charge in [0.2, 0.25) is 124 Å². The van der Waals surface area contributed by atoms with Gasteiger partial charge in [-0.1, -0.05) is 60.1 Å². The van der Waals surface area contributed by atoms with Gasteiger partial charge in [-0.15, -0.1) is 0 Å². The van der Waals surface area contributed by atoms with Gasteiger partial charge in [-0.25, -0.2) is 4.98 Å². The van der Waals surface area contributed by atoms with E-state index in [1.165, 1.54) is 61.3 Å². The molecule has 0 radical (unpaired) electrons. The zero-order chi connectivity index (χ0) is 109. The van der Waals surface area contributed by atoms with Crippen molar-refractivity contribution in [3.63, 3.8) is 0 Å². The largest absolute Gasteiger partial charge is 0.508 e. The Kier molecular flexibility index (Phi) is 44.3. The molecule has 2 aromatic rings. The van der Waals surface area contributed by atoms with Crippen molar-refractivity contribution in [2.45, 2.75) is 311 Å². The minimum Gasteiger partial charge on any atom is -0.508 e. The maximum atomic E-state index is 15.4. The highest BCUT2D eigenvalue weighted by molar-refractivity contribution is 6.04. The Morgan fingerprint density at radius 3 is 1.15 bits per heavy atom. The Labute approximate surface area is 861 Å². The summed E-state index contributed by atoms with van der Waals surface area (Å²) in [4.78, 5) is 334. The minimum atomic E-state index is -2.00. The molecule has 9 rings (SSSR count). The predicted octanol–water partition coefficient (Wildman–Crippen LogP) is -8.77. The van der Waals surface area contributed by atoms with E-state index in [0.29, 0.717) is 17.7 Å². The van der Waals surface area contributed by atoms with Gasteiger partial charge in [0.15, 0.2) is 17.9 Å². The molecule has 1 aromatic heterocycles. The number of carbonyl (C=O) groups is 21. The molecule has 54 heteroatoms. The van der Waals surface area contributed by atoms with Crippen LogP contribution >= 0.6 is 0 Å². The molecule has 1 aromatic carbocycles. The molecular formula is C95H148N32O22. The second-order valence-electron chi connectivity index (χ2n) is 39.5. The summed E-state index contributed by atoms with van der Waals surface area (Å²) in [7, 11) is 0. The molecular weight excluding hydrogens is 1940 g/mol. The van der Waals surface area contributed by atoms with Gasteiger partial charge >= 0.3 is 0 Å². The molecule has 7 aliphatic rings. The van der Waals surface area contributed by atoms with Crippen LogP contribution in [0.1, 0.15) is 207 Å². The normalized spacial score (nSPS) is 26.8. The van der Waals surface area contributed by atoms with Gasteiger partial charge in [0.1, 0.15) is 108 Å². The van der Waals surface area contributed by atoms with Crippen LogP contribution in [-0.4, -0.2) is 355 Å². The number of rotatable bonds is 28. The van der Waals surface area contributed by atoms with Crippen molar-refractivity contribution in [3.05, 3.63) is 48.0 Å². The van der Waals surface area contributed by atoms with Crippen LogP contribution in [0.15, 0.2) is 51.8 Å². The highest BCUT2D eigenvalue weighted by atomic mass is 16.3. The van der Waals surface area contributed by atoms with Crippen molar-refractivity contribution in [2.75, 3.05) is 65.4 Å². The molecule has 7 saturated heterocycles. The lowest BCUT2D eigenvalue weighted by Crippen LogP contribution is -2.62. The lowest BCUT2D eigenvalue weighted by molar-refractivity contribution is -0.149. The number of hydrogen-bond acceptors (Lipinski definition) is 26. The van der Waals surface area contributed by atoms with Gasteiger partial charge in [0.05, 0.1) is 31.4 Å². The number of aromatic nitrogens is 2. The van der Waals surface area contributed by atoms with E-state index >= 15 is 52.7 Å². The lowest BCUT2D eigenvalue weighted by Gasteiger charge is -2.35. The van der Waals surface area contributed by atoms with Gasteiger partial charge in [-0.05, 0) is 164 Å². The van der Waals surface area contributed by atoms with Crippen molar-refractivity contribution >= 4 is 142 Å². The number of hydrogen-bond donors (Lipinski definition) is 23. The second kappa shape index (κ2) is 56.2. The van der Waals surface area contributed by atoms with E-state index in [9.17, 15) is 53.1 Å². The summed E-state index contributed by atoms with van der Waals surface area (Å²) in [6.45, 7) is 8.56. The zero-order valence-corrected chi connectivity index (χ0v) is 85.2. The first-order valence-electron chi connectivity index (χ1n) is 50.9. The number of carbonyl (C=O) groups excluding carboxylic acids is 21. The average Bonchev–Trinajstić information content (AvgIpc) is 1.60. The van der Waals surface area contributed by atoms with Crippen molar-refractivity contribution < 1.29 is 106 Å². The molecule has 7 aliphatic heterocycles. The van der Waals surface area contributed by atoms with Crippen LogP contribution < -0.4 is 115 Å². The number of nitrogens with two attached hydrogens (primary N) is 9. The molecule has 149 heavy (non-hydrogen) atoms. The number of amides is 21. The molecule has 7 fully saturated rings. The smallest absolute Gasteiger partial charge is 0.246 e. The topological polar surface area (TPSA) is 842 Å². The Morgan fingerprint density at radius 2 is 0.732 bits per heavy atom. The van der Waals surface area contributed by atoms with Crippen molar-refractivity contribution in [3.8, 4) is 5.75 Å². The molecule has 54 nitrogen and oxygen atoms in total. The van der Waals surface area contributed by atoms with Crippen LogP contribution in [0, 0.1) is 17.8 Å². The maximum absolute atomic E-state index is 15.4. The molecule has 0 bridgehead atoms. The number of aliphatic imine (C=N–C) groups is 3. The Hall–Kier alpha value is -15.1.